The zero-order valence-corrected chi connectivity index (χ0v) is 19.9. The van der Waals surface area contributed by atoms with Crippen LogP contribution >= 0.6 is 0 Å². The zero-order valence-electron chi connectivity index (χ0n) is 19.9. The molecule has 0 fully saturated rings. The molecule has 3 aromatic heterocycles. The molecule has 0 aliphatic carbocycles. The van der Waals surface area contributed by atoms with Gasteiger partial charge in [0.05, 0.1) is 22.1 Å². The molecule has 4 N–H and O–H groups in total. The molecule has 0 unspecified atom stereocenters. The molecule has 9 heteroatoms. The van der Waals surface area contributed by atoms with Gasteiger partial charge < -0.3 is 19.9 Å². The highest BCUT2D eigenvalue weighted by Gasteiger charge is 2.24. The van der Waals surface area contributed by atoms with Gasteiger partial charge in [0.1, 0.15) is 5.82 Å². The number of aromatic hydroxyl groups is 3. The minimum atomic E-state index is -0.631. The van der Waals surface area contributed by atoms with E-state index in [-0.39, 0.29) is 17.2 Å². The number of aromatic amines is 1. The van der Waals surface area contributed by atoms with Crippen molar-refractivity contribution >= 4 is 22.1 Å². The first-order chi connectivity index (χ1) is 16.7. The number of pyridine rings is 1. The van der Waals surface area contributed by atoms with E-state index in [0.29, 0.717) is 40.6 Å². The van der Waals surface area contributed by atoms with Crippen molar-refractivity contribution < 1.29 is 15.3 Å². The number of H-pyrrole nitrogens is 1. The summed E-state index contributed by atoms with van der Waals surface area (Å²) in [7, 11) is 0. The smallest absolute Gasteiger partial charge is 0.274 e. The first-order valence-electron chi connectivity index (χ1n) is 11.5. The van der Waals surface area contributed by atoms with E-state index >= 15 is 0 Å². The quantitative estimate of drug-likeness (QED) is 0.272. The first-order valence-corrected chi connectivity index (χ1v) is 11.5. The van der Waals surface area contributed by atoms with Gasteiger partial charge in [-0.05, 0) is 50.1 Å². The Hall–Kier alpha value is -4.27. The van der Waals surface area contributed by atoms with Gasteiger partial charge in [0, 0.05) is 23.7 Å². The maximum Gasteiger partial charge on any atom is 0.274 e. The molecule has 180 valence electrons. The number of aromatic nitrogens is 5. The summed E-state index contributed by atoms with van der Waals surface area (Å²) in [6.45, 7) is 8.78. The fourth-order valence-corrected chi connectivity index (χ4v) is 4.44. The molecule has 0 amide bonds. The number of hydrogen-bond acceptors (Lipinski definition) is 6. The van der Waals surface area contributed by atoms with Crippen molar-refractivity contribution in [2.24, 2.45) is 5.92 Å². The molecule has 0 saturated heterocycles. The van der Waals surface area contributed by atoms with E-state index in [2.05, 4.69) is 23.5 Å². The lowest BCUT2D eigenvalue weighted by Gasteiger charge is -2.15. The maximum absolute atomic E-state index is 13.2. The van der Waals surface area contributed by atoms with Crippen molar-refractivity contribution in [3.05, 3.63) is 52.8 Å². The summed E-state index contributed by atoms with van der Waals surface area (Å²) in [5.41, 5.74) is 2.99. The van der Waals surface area contributed by atoms with Gasteiger partial charge in [0.25, 0.3) is 5.56 Å². The highest BCUT2D eigenvalue weighted by atomic mass is 16.3. The van der Waals surface area contributed by atoms with Gasteiger partial charge in [-0.1, -0.05) is 26.0 Å². The summed E-state index contributed by atoms with van der Waals surface area (Å²) in [4.78, 5) is 22.8. The van der Waals surface area contributed by atoms with Gasteiger partial charge in [-0.15, -0.1) is 0 Å². The summed E-state index contributed by atoms with van der Waals surface area (Å²) in [6.07, 6.45) is 0. The topological polar surface area (TPSA) is 129 Å². The Bertz CT molecular complexity index is 1640. The fourth-order valence-electron chi connectivity index (χ4n) is 4.44. The number of phenols is 3. The third-order valence-electron chi connectivity index (χ3n) is 6.04. The van der Waals surface area contributed by atoms with E-state index in [9.17, 15) is 20.1 Å². The van der Waals surface area contributed by atoms with E-state index in [4.69, 9.17) is 9.97 Å². The number of hydrogen-bond donors (Lipinski definition) is 4. The van der Waals surface area contributed by atoms with Crippen molar-refractivity contribution in [2.75, 3.05) is 0 Å². The van der Waals surface area contributed by atoms with Crippen LogP contribution in [0.15, 0.2) is 47.3 Å². The standard InChI is InChI=1S/C26H27N5O4/c1-13(2)12-30-19-8-6-5-7-17(19)27-24(30)16-11-18(15-9-10-20(32)23(34)22(15)33)28-25-21(16)26(35)29-31(25)14(3)4/h5-11,13-14,32-34H,12H2,1-4H3,(H,29,35). The molecule has 0 saturated carbocycles. The number of imidazole rings is 1. The van der Waals surface area contributed by atoms with Gasteiger partial charge in [-0.3, -0.25) is 14.6 Å². The average molecular weight is 474 g/mol. The first kappa shape index (κ1) is 22.5. The number of nitrogens with one attached hydrogen (secondary N) is 1. The van der Waals surface area contributed by atoms with E-state index in [1.54, 1.807) is 10.7 Å². The third kappa shape index (κ3) is 3.60. The second-order valence-electron chi connectivity index (χ2n) is 9.42. The van der Waals surface area contributed by atoms with Crippen molar-refractivity contribution in [3.8, 4) is 39.9 Å². The SMILES string of the molecule is CC(C)Cn1c(-c2cc(-c3ccc(O)c(O)c3O)nc3c2c(=O)[nH]n3C(C)C)nc2ccccc21. The molecule has 0 spiro atoms. The normalized spacial score (nSPS) is 11.9. The summed E-state index contributed by atoms with van der Waals surface area (Å²) in [6, 6.07) is 12.2. The Balaban J connectivity index is 1.91. The zero-order chi connectivity index (χ0) is 25.0. The van der Waals surface area contributed by atoms with Crippen molar-refractivity contribution in [2.45, 2.75) is 40.3 Å². The van der Waals surface area contributed by atoms with Crippen molar-refractivity contribution in [1.82, 2.24) is 24.3 Å². The van der Waals surface area contributed by atoms with Gasteiger partial charge in [-0.25, -0.2) is 9.97 Å². The molecule has 0 aliphatic rings. The van der Waals surface area contributed by atoms with Gasteiger partial charge in [0.2, 0.25) is 5.75 Å². The molecule has 2 aromatic carbocycles. The number of fused-ring (bicyclic) bond motifs is 2. The molecule has 9 nitrogen and oxygen atoms in total. The van der Waals surface area contributed by atoms with Crippen LogP contribution in [0.5, 0.6) is 17.2 Å². The van der Waals surface area contributed by atoms with Crippen LogP contribution in [-0.4, -0.2) is 39.6 Å². The van der Waals surface area contributed by atoms with E-state index in [1.165, 1.54) is 12.1 Å². The molecule has 0 bridgehead atoms. The average Bonchev–Trinajstić information content (AvgIpc) is 3.35. The lowest BCUT2D eigenvalue weighted by molar-refractivity contribution is 0.369. The predicted molar refractivity (Wildman–Crippen MR) is 135 cm³/mol. The fraction of sp³-hybridized carbons (Fsp3) is 0.269. The van der Waals surface area contributed by atoms with Gasteiger partial charge >= 0.3 is 0 Å². The van der Waals surface area contributed by atoms with Crippen LogP contribution in [0, 0.1) is 5.92 Å². The number of phenolic OH excluding ortho intramolecular Hbond substituents is 3. The monoisotopic (exact) mass is 473 g/mol. The summed E-state index contributed by atoms with van der Waals surface area (Å²) in [5.74, 6) is -0.629. The Labute approximate surface area is 200 Å². The summed E-state index contributed by atoms with van der Waals surface area (Å²) in [5, 5.41) is 33.8. The van der Waals surface area contributed by atoms with Gasteiger partial charge in [0.15, 0.2) is 17.1 Å². The van der Waals surface area contributed by atoms with Crippen LogP contribution in [-0.2, 0) is 6.54 Å². The Morgan fingerprint density at radius 2 is 1.69 bits per heavy atom. The number of rotatable bonds is 5. The van der Waals surface area contributed by atoms with Crippen LogP contribution in [0.1, 0.15) is 33.7 Å². The molecule has 0 aliphatic heterocycles. The molecule has 3 heterocycles. The summed E-state index contributed by atoms with van der Waals surface area (Å²) >= 11 is 0. The molecule has 5 rings (SSSR count). The second-order valence-corrected chi connectivity index (χ2v) is 9.42. The molecule has 0 radical (unpaired) electrons. The van der Waals surface area contributed by atoms with Crippen LogP contribution in [0.3, 0.4) is 0 Å². The van der Waals surface area contributed by atoms with E-state index in [0.717, 1.165) is 11.0 Å². The predicted octanol–water partition coefficient (Wildman–Crippen LogP) is 4.76. The van der Waals surface area contributed by atoms with Crippen molar-refractivity contribution in [3.63, 3.8) is 0 Å². The molecular weight excluding hydrogens is 446 g/mol. The van der Waals surface area contributed by atoms with Crippen molar-refractivity contribution in [1.29, 1.82) is 0 Å². The molecule has 35 heavy (non-hydrogen) atoms. The molecule has 5 aromatic rings. The van der Waals surface area contributed by atoms with E-state index < -0.39 is 17.2 Å². The molecule has 0 atom stereocenters. The second kappa shape index (κ2) is 8.19. The summed E-state index contributed by atoms with van der Waals surface area (Å²) < 4.78 is 3.77. The highest BCUT2D eigenvalue weighted by molar-refractivity contribution is 5.96. The lowest BCUT2D eigenvalue weighted by atomic mass is 10.0. The minimum absolute atomic E-state index is 0.0906. The largest absolute Gasteiger partial charge is 0.504 e. The number of nitrogens with zero attached hydrogens (tertiary/aromatic N) is 4. The Morgan fingerprint density at radius 1 is 0.943 bits per heavy atom. The van der Waals surface area contributed by atoms with Crippen LogP contribution in [0.4, 0.5) is 0 Å². The lowest BCUT2D eigenvalue weighted by Crippen LogP contribution is -2.08. The number of benzene rings is 2. The van der Waals surface area contributed by atoms with Crippen LogP contribution < -0.4 is 5.56 Å². The Kier molecular flexibility index (Phi) is 5.27. The highest BCUT2D eigenvalue weighted by Crippen LogP contribution is 2.43. The number of para-hydroxylation sites is 2. The van der Waals surface area contributed by atoms with Gasteiger partial charge in [-0.2, -0.15) is 0 Å². The third-order valence-corrected chi connectivity index (χ3v) is 6.04. The molecular formula is C26H27N5O4. The maximum atomic E-state index is 13.2. The Morgan fingerprint density at radius 3 is 2.40 bits per heavy atom. The van der Waals surface area contributed by atoms with Crippen LogP contribution in [0.2, 0.25) is 0 Å². The minimum Gasteiger partial charge on any atom is -0.504 e. The van der Waals surface area contributed by atoms with Crippen LogP contribution in [0.25, 0.3) is 44.7 Å². The van der Waals surface area contributed by atoms with E-state index in [1.807, 2.05) is 38.1 Å².